The second-order valence-corrected chi connectivity index (χ2v) is 4.02. The molecule has 0 aliphatic rings. The van der Waals surface area contributed by atoms with E-state index in [1.165, 1.54) is 6.07 Å². The van der Waals surface area contributed by atoms with Crippen molar-refractivity contribution in [1.29, 1.82) is 0 Å². The summed E-state index contributed by atoms with van der Waals surface area (Å²) in [4.78, 5) is 0. The fourth-order valence-corrected chi connectivity index (χ4v) is 1.57. The molecule has 17 heavy (non-hydrogen) atoms. The van der Waals surface area contributed by atoms with Crippen LogP contribution in [0.25, 0.3) is 0 Å². The Morgan fingerprint density at radius 1 is 1.29 bits per heavy atom. The molecule has 0 amide bonds. The minimum absolute atomic E-state index is 0.0750. The lowest BCUT2D eigenvalue weighted by Crippen LogP contribution is -2.07. The summed E-state index contributed by atoms with van der Waals surface area (Å²) in [5.41, 5.74) is -0.356. The van der Waals surface area contributed by atoms with Crippen LogP contribution < -0.4 is 5.32 Å². The zero-order chi connectivity index (χ0) is 12.9. The van der Waals surface area contributed by atoms with Crippen molar-refractivity contribution < 1.29 is 13.2 Å². The van der Waals surface area contributed by atoms with Crippen LogP contribution >= 0.6 is 11.6 Å². The predicted molar refractivity (Wildman–Crippen MR) is 64.4 cm³/mol. The van der Waals surface area contributed by atoms with Gasteiger partial charge in [0.15, 0.2) is 0 Å². The number of hydrogen-bond donors (Lipinski definition) is 1. The van der Waals surface area contributed by atoms with Crippen molar-refractivity contribution in [2.75, 3.05) is 11.9 Å². The van der Waals surface area contributed by atoms with E-state index >= 15 is 0 Å². The number of alkyl halides is 3. The maximum atomic E-state index is 12.5. The van der Waals surface area contributed by atoms with Crippen molar-refractivity contribution in [3.63, 3.8) is 0 Å². The zero-order valence-corrected chi connectivity index (χ0v) is 9.91. The van der Waals surface area contributed by atoms with E-state index in [2.05, 4.69) is 11.9 Å². The average Bonchev–Trinajstić information content (AvgIpc) is 2.22. The number of anilines is 1. The van der Waals surface area contributed by atoms with Crippen LogP contribution in [0.5, 0.6) is 0 Å². The molecule has 0 spiro atoms. The van der Waals surface area contributed by atoms with Crippen LogP contribution in [0, 0.1) is 0 Å². The Hall–Kier alpha value is -1.16. The van der Waals surface area contributed by atoms with Crippen molar-refractivity contribution in [3.05, 3.63) is 41.4 Å². The largest absolute Gasteiger partial charge is 0.416 e. The van der Waals surface area contributed by atoms with Crippen LogP contribution in [0.3, 0.4) is 0 Å². The van der Waals surface area contributed by atoms with Gasteiger partial charge in [0.2, 0.25) is 0 Å². The van der Waals surface area contributed by atoms with Crippen LogP contribution in [-0.2, 0) is 6.18 Å². The summed E-state index contributed by atoms with van der Waals surface area (Å²) >= 11 is 5.64. The van der Waals surface area contributed by atoms with E-state index in [-0.39, 0.29) is 5.02 Å². The van der Waals surface area contributed by atoms with Gasteiger partial charge >= 0.3 is 6.18 Å². The standard InChI is InChI=1S/C12H13ClF3N/c1-2-3-4-5-17-11-7-9(12(14,15)16)6-10(13)8-11/h2,6-8,17H,1,3-5H2. The molecule has 1 nitrogen and oxygen atoms in total. The van der Waals surface area contributed by atoms with Gasteiger partial charge in [0.1, 0.15) is 0 Å². The quantitative estimate of drug-likeness (QED) is 0.598. The number of hydrogen-bond acceptors (Lipinski definition) is 1. The summed E-state index contributed by atoms with van der Waals surface area (Å²) in [5, 5.41) is 2.98. The topological polar surface area (TPSA) is 12.0 Å². The Morgan fingerprint density at radius 3 is 2.59 bits per heavy atom. The number of rotatable bonds is 5. The van der Waals surface area contributed by atoms with Gasteiger partial charge in [-0.1, -0.05) is 17.7 Å². The molecule has 0 atom stereocenters. The lowest BCUT2D eigenvalue weighted by atomic mass is 10.2. The smallest absolute Gasteiger partial charge is 0.385 e. The molecule has 1 aromatic carbocycles. The van der Waals surface area contributed by atoms with Crippen LogP contribution in [0.2, 0.25) is 5.02 Å². The molecule has 0 aromatic heterocycles. The summed E-state index contributed by atoms with van der Waals surface area (Å²) in [6, 6.07) is 3.45. The van der Waals surface area contributed by atoms with Gasteiger partial charge in [0.05, 0.1) is 5.56 Å². The summed E-state index contributed by atoms with van der Waals surface area (Å²) in [7, 11) is 0. The van der Waals surface area contributed by atoms with Gasteiger partial charge in [0.25, 0.3) is 0 Å². The lowest BCUT2D eigenvalue weighted by Gasteiger charge is -2.11. The minimum Gasteiger partial charge on any atom is -0.385 e. The van der Waals surface area contributed by atoms with Crippen molar-refractivity contribution in [2.24, 2.45) is 0 Å². The third-order valence-corrected chi connectivity index (χ3v) is 2.36. The first-order valence-corrected chi connectivity index (χ1v) is 5.54. The zero-order valence-electron chi connectivity index (χ0n) is 9.15. The third kappa shape index (κ3) is 4.69. The second-order valence-electron chi connectivity index (χ2n) is 3.58. The van der Waals surface area contributed by atoms with Crippen molar-refractivity contribution in [2.45, 2.75) is 19.0 Å². The highest BCUT2D eigenvalue weighted by molar-refractivity contribution is 6.30. The third-order valence-electron chi connectivity index (χ3n) is 2.14. The number of unbranched alkanes of at least 4 members (excludes halogenated alkanes) is 1. The molecule has 0 radical (unpaired) electrons. The van der Waals surface area contributed by atoms with Gasteiger partial charge in [-0.15, -0.1) is 6.58 Å². The summed E-state index contributed by atoms with van der Waals surface area (Å²) in [6.07, 6.45) is -0.972. The van der Waals surface area contributed by atoms with Gasteiger partial charge in [-0.2, -0.15) is 13.2 Å². The number of halogens is 4. The molecule has 0 saturated heterocycles. The Balaban J connectivity index is 2.72. The first-order chi connectivity index (χ1) is 7.93. The molecule has 0 saturated carbocycles. The average molecular weight is 264 g/mol. The van der Waals surface area contributed by atoms with Gasteiger partial charge in [-0.3, -0.25) is 0 Å². The van der Waals surface area contributed by atoms with Crippen molar-refractivity contribution >= 4 is 17.3 Å². The van der Waals surface area contributed by atoms with E-state index in [0.717, 1.165) is 25.0 Å². The van der Waals surface area contributed by atoms with E-state index in [0.29, 0.717) is 12.2 Å². The molecular formula is C12H13ClF3N. The second kappa shape index (κ2) is 5.96. The van der Waals surface area contributed by atoms with E-state index in [1.807, 2.05) is 0 Å². The van der Waals surface area contributed by atoms with Crippen molar-refractivity contribution in [1.82, 2.24) is 0 Å². The Labute approximate surface area is 103 Å². The molecule has 0 aliphatic carbocycles. The van der Waals surface area contributed by atoms with Gasteiger partial charge in [-0.05, 0) is 31.0 Å². The molecule has 0 fully saturated rings. The first-order valence-electron chi connectivity index (χ1n) is 5.16. The highest BCUT2D eigenvalue weighted by atomic mass is 35.5. The molecular weight excluding hydrogens is 251 g/mol. The highest BCUT2D eigenvalue weighted by Gasteiger charge is 2.31. The van der Waals surface area contributed by atoms with Crippen LogP contribution in [-0.4, -0.2) is 6.54 Å². The molecule has 0 aliphatic heterocycles. The summed E-state index contributed by atoms with van der Waals surface area (Å²) in [5.74, 6) is 0. The molecule has 1 rings (SSSR count). The number of benzene rings is 1. The fourth-order valence-electron chi connectivity index (χ4n) is 1.33. The monoisotopic (exact) mass is 263 g/mol. The molecule has 1 N–H and O–H groups in total. The molecule has 94 valence electrons. The maximum Gasteiger partial charge on any atom is 0.416 e. The first kappa shape index (κ1) is 13.9. The highest BCUT2D eigenvalue weighted by Crippen LogP contribution is 2.33. The Bertz CT molecular complexity index is 388. The SMILES string of the molecule is C=CCCCNc1cc(Cl)cc(C(F)(F)F)c1. The molecule has 0 unspecified atom stereocenters. The van der Waals surface area contributed by atoms with Crippen LogP contribution in [0.4, 0.5) is 18.9 Å². The van der Waals surface area contributed by atoms with E-state index in [1.54, 1.807) is 6.08 Å². The fraction of sp³-hybridized carbons (Fsp3) is 0.333. The molecule has 0 heterocycles. The van der Waals surface area contributed by atoms with E-state index in [9.17, 15) is 13.2 Å². The number of allylic oxidation sites excluding steroid dienone is 1. The van der Waals surface area contributed by atoms with Crippen molar-refractivity contribution in [3.8, 4) is 0 Å². The molecule has 0 bridgehead atoms. The van der Waals surface area contributed by atoms with E-state index < -0.39 is 11.7 Å². The summed E-state index contributed by atoms with van der Waals surface area (Å²) in [6.45, 7) is 4.16. The molecule has 5 heteroatoms. The predicted octanol–water partition coefficient (Wildman–Crippen LogP) is 4.74. The number of nitrogens with one attached hydrogen (secondary N) is 1. The van der Waals surface area contributed by atoms with Crippen LogP contribution in [0.15, 0.2) is 30.9 Å². The summed E-state index contributed by atoms with van der Waals surface area (Å²) < 4.78 is 37.5. The Kier molecular flexibility index (Phi) is 4.87. The van der Waals surface area contributed by atoms with Gasteiger partial charge in [-0.25, -0.2) is 0 Å². The van der Waals surface area contributed by atoms with Gasteiger partial charge < -0.3 is 5.32 Å². The normalized spacial score (nSPS) is 11.3. The van der Waals surface area contributed by atoms with Crippen LogP contribution in [0.1, 0.15) is 18.4 Å². The maximum absolute atomic E-state index is 12.5. The lowest BCUT2D eigenvalue weighted by molar-refractivity contribution is -0.137. The molecule has 1 aromatic rings. The Morgan fingerprint density at radius 2 is 2.00 bits per heavy atom. The minimum atomic E-state index is -4.37. The van der Waals surface area contributed by atoms with E-state index in [4.69, 9.17) is 11.6 Å². The van der Waals surface area contributed by atoms with Gasteiger partial charge in [0, 0.05) is 17.3 Å².